The van der Waals surface area contributed by atoms with Crippen molar-refractivity contribution in [1.29, 1.82) is 0 Å². The van der Waals surface area contributed by atoms with E-state index in [1.165, 1.54) is 28.9 Å². The van der Waals surface area contributed by atoms with Gasteiger partial charge in [-0.3, -0.25) is 9.59 Å². The van der Waals surface area contributed by atoms with Crippen LogP contribution in [0.4, 0.5) is 0 Å². The molecular formula is C17H20N4O4S. The van der Waals surface area contributed by atoms with Crippen molar-refractivity contribution in [3.05, 3.63) is 57.5 Å². The molecule has 1 heterocycles. The quantitative estimate of drug-likeness (QED) is 0.771. The Morgan fingerprint density at radius 1 is 1.19 bits per heavy atom. The molecule has 0 radical (unpaired) electrons. The number of aromatic nitrogens is 2. The standard InChI is InChI=1S/C17H20N4O4S/c18-26(24,25)14-7-5-12(6-8-14)17(23)19-9-10-21-16(22)11-13-3-1-2-4-15(13)20-21/h5-8,11H,1-4,9-10H2,(H,19,23)(H2,18,24,25). The largest absolute Gasteiger partial charge is 0.350 e. The zero-order chi connectivity index (χ0) is 18.7. The van der Waals surface area contributed by atoms with Crippen LogP contribution in [0.1, 0.15) is 34.5 Å². The van der Waals surface area contributed by atoms with Gasteiger partial charge in [0, 0.05) is 18.2 Å². The van der Waals surface area contributed by atoms with Crippen LogP contribution in [0.25, 0.3) is 0 Å². The third-order valence-corrected chi connectivity index (χ3v) is 5.26. The lowest BCUT2D eigenvalue weighted by atomic mass is 9.97. The van der Waals surface area contributed by atoms with Crippen molar-refractivity contribution in [2.45, 2.75) is 37.1 Å². The lowest BCUT2D eigenvalue weighted by Gasteiger charge is -2.16. The number of carbonyl (C=O) groups excluding carboxylic acids is 1. The van der Waals surface area contributed by atoms with Crippen LogP contribution >= 0.6 is 0 Å². The maximum atomic E-state index is 12.1. The SMILES string of the molecule is NS(=O)(=O)c1ccc(C(=O)NCCn2nc3c(cc2=O)CCCC3)cc1. The van der Waals surface area contributed by atoms with Gasteiger partial charge < -0.3 is 5.32 Å². The lowest BCUT2D eigenvalue weighted by Crippen LogP contribution is -2.33. The molecule has 0 fully saturated rings. The van der Waals surface area contributed by atoms with E-state index in [4.69, 9.17) is 5.14 Å². The summed E-state index contributed by atoms with van der Waals surface area (Å²) in [6.45, 7) is 0.509. The fraction of sp³-hybridized carbons (Fsp3) is 0.353. The van der Waals surface area contributed by atoms with Crippen molar-refractivity contribution in [2.24, 2.45) is 5.14 Å². The number of hydrogen-bond donors (Lipinski definition) is 2. The minimum Gasteiger partial charge on any atom is -0.350 e. The zero-order valence-electron chi connectivity index (χ0n) is 14.1. The molecule has 0 saturated carbocycles. The third-order valence-electron chi connectivity index (χ3n) is 4.33. The van der Waals surface area contributed by atoms with E-state index in [0.29, 0.717) is 5.56 Å². The fourth-order valence-electron chi connectivity index (χ4n) is 2.93. The average molecular weight is 376 g/mol. The number of hydrogen-bond acceptors (Lipinski definition) is 5. The van der Waals surface area contributed by atoms with Crippen LogP contribution in [-0.4, -0.2) is 30.7 Å². The molecule has 1 aromatic heterocycles. The Bertz CT molecular complexity index is 981. The molecule has 0 spiro atoms. The first-order valence-electron chi connectivity index (χ1n) is 8.35. The summed E-state index contributed by atoms with van der Waals surface area (Å²) in [6.07, 6.45) is 3.92. The number of aryl methyl sites for hydroxylation is 2. The summed E-state index contributed by atoms with van der Waals surface area (Å²) >= 11 is 0. The van der Waals surface area contributed by atoms with Crippen molar-refractivity contribution in [3.63, 3.8) is 0 Å². The molecule has 3 rings (SSSR count). The minimum atomic E-state index is -3.79. The van der Waals surface area contributed by atoms with Gasteiger partial charge in [0.05, 0.1) is 17.1 Å². The highest BCUT2D eigenvalue weighted by molar-refractivity contribution is 7.89. The first kappa shape index (κ1) is 18.3. The Morgan fingerprint density at radius 2 is 1.88 bits per heavy atom. The summed E-state index contributed by atoms with van der Waals surface area (Å²) in [5.41, 5.74) is 2.12. The molecule has 0 atom stereocenters. The normalized spacial score (nSPS) is 13.9. The van der Waals surface area contributed by atoms with Gasteiger partial charge in [0.25, 0.3) is 11.5 Å². The molecule has 138 valence electrons. The molecule has 0 saturated heterocycles. The molecule has 0 bridgehead atoms. The van der Waals surface area contributed by atoms with Crippen molar-refractivity contribution in [3.8, 4) is 0 Å². The van der Waals surface area contributed by atoms with E-state index in [1.54, 1.807) is 6.07 Å². The number of rotatable bonds is 5. The second kappa shape index (κ2) is 7.38. The number of carbonyl (C=O) groups is 1. The Kier molecular flexibility index (Phi) is 5.19. The number of benzene rings is 1. The van der Waals surface area contributed by atoms with Crippen LogP contribution in [0, 0.1) is 0 Å². The minimum absolute atomic E-state index is 0.0566. The number of nitrogens with two attached hydrogens (primary N) is 1. The highest BCUT2D eigenvalue weighted by Crippen LogP contribution is 2.16. The summed E-state index contributed by atoms with van der Waals surface area (Å²) in [5.74, 6) is -0.364. The van der Waals surface area contributed by atoms with E-state index in [2.05, 4.69) is 10.4 Å². The van der Waals surface area contributed by atoms with Crippen molar-refractivity contribution in [1.82, 2.24) is 15.1 Å². The zero-order valence-corrected chi connectivity index (χ0v) is 15.0. The molecular weight excluding hydrogens is 356 g/mol. The second-order valence-electron chi connectivity index (χ2n) is 6.21. The van der Waals surface area contributed by atoms with Gasteiger partial charge in [-0.25, -0.2) is 18.2 Å². The molecule has 0 unspecified atom stereocenters. The van der Waals surface area contributed by atoms with Gasteiger partial charge in [0.1, 0.15) is 0 Å². The summed E-state index contributed by atoms with van der Waals surface area (Å²) in [6, 6.07) is 6.96. The van der Waals surface area contributed by atoms with Crippen molar-refractivity contribution in [2.75, 3.05) is 6.54 Å². The topological polar surface area (TPSA) is 124 Å². The van der Waals surface area contributed by atoms with E-state index in [-0.39, 0.29) is 29.5 Å². The molecule has 1 aliphatic carbocycles. The molecule has 1 aliphatic rings. The van der Waals surface area contributed by atoms with E-state index in [9.17, 15) is 18.0 Å². The van der Waals surface area contributed by atoms with Gasteiger partial charge >= 0.3 is 0 Å². The number of nitrogens with one attached hydrogen (secondary N) is 1. The summed E-state index contributed by atoms with van der Waals surface area (Å²) in [5, 5.41) is 12.1. The van der Waals surface area contributed by atoms with Gasteiger partial charge in [0.2, 0.25) is 10.0 Å². The Morgan fingerprint density at radius 3 is 2.58 bits per heavy atom. The van der Waals surface area contributed by atoms with Crippen LogP contribution < -0.4 is 16.0 Å². The van der Waals surface area contributed by atoms with Gasteiger partial charge in [0.15, 0.2) is 0 Å². The smallest absolute Gasteiger partial charge is 0.267 e. The highest BCUT2D eigenvalue weighted by atomic mass is 32.2. The molecule has 0 aliphatic heterocycles. The number of amides is 1. The van der Waals surface area contributed by atoms with Crippen LogP contribution in [0.2, 0.25) is 0 Å². The first-order valence-corrected chi connectivity index (χ1v) is 9.90. The number of primary sulfonamides is 1. The number of sulfonamides is 1. The number of nitrogens with zero attached hydrogens (tertiary/aromatic N) is 2. The molecule has 1 amide bonds. The Hall–Kier alpha value is -2.52. The molecule has 2 aromatic rings. The van der Waals surface area contributed by atoms with E-state index < -0.39 is 10.0 Å². The maximum absolute atomic E-state index is 12.1. The van der Waals surface area contributed by atoms with Crippen LogP contribution in [0.15, 0.2) is 40.0 Å². The lowest BCUT2D eigenvalue weighted by molar-refractivity contribution is 0.0951. The van der Waals surface area contributed by atoms with E-state index in [0.717, 1.165) is 36.9 Å². The monoisotopic (exact) mass is 376 g/mol. The second-order valence-corrected chi connectivity index (χ2v) is 7.77. The van der Waals surface area contributed by atoms with E-state index >= 15 is 0 Å². The molecule has 8 nitrogen and oxygen atoms in total. The first-order chi connectivity index (χ1) is 12.3. The highest BCUT2D eigenvalue weighted by Gasteiger charge is 2.14. The van der Waals surface area contributed by atoms with Crippen molar-refractivity contribution < 1.29 is 13.2 Å². The van der Waals surface area contributed by atoms with Crippen molar-refractivity contribution >= 4 is 15.9 Å². The summed E-state index contributed by atoms with van der Waals surface area (Å²) < 4.78 is 23.8. The van der Waals surface area contributed by atoms with Gasteiger partial charge in [-0.1, -0.05) is 0 Å². The fourth-order valence-corrected chi connectivity index (χ4v) is 3.45. The van der Waals surface area contributed by atoms with E-state index in [1.807, 2.05) is 0 Å². The van der Waals surface area contributed by atoms with Gasteiger partial charge in [-0.2, -0.15) is 5.10 Å². The summed E-state index contributed by atoms with van der Waals surface area (Å²) in [4.78, 5) is 24.1. The predicted molar refractivity (Wildman–Crippen MR) is 95.3 cm³/mol. The van der Waals surface area contributed by atoms with Crippen LogP contribution in [0.5, 0.6) is 0 Å². The summed E-state index contributed by atoms with van der Waals surface area (Å²) in [7, 11) is -3.79. The van der Waals surface area contributed by atoms with Gasteiger partial charge in [-0.05, 0) is 55.5 Å². The van der Waals surface area contributed by atoms with Gasteiger partial charge in [-0.15, -0.1) is 0 Å². The molecule has 1 aromatic carbocycles. The predicted octanol–water partition coefficient (Wildman–Crippen LogP) is 0.199. The average Bonchev–Trinajstić information content (AvgIpc) is 2.61. The molecule has 3 N–H and O–H groups in total. The molecule has 26 heavy (non-hydrogen) atoms. The Balaban J connectivity index is 1.61. The molecule has 9 heteroatoms. The number of fused-ring (bicyclic) bond motifs is 1. The van der Waals surface area contributed by atoms with Crippen LogP contribution in [0.3, 0.4) is 0 Å². The third kappa shape index (κ3) is 4.17. The Labute approximate surface area is 151 Å². The van der Waals surface area contributed by atoms with Crippen LogP contribution in [-0.2, 0) is 29.4 Å². The maximum Gasteiger partial charge on any atom is 0.267 e.